The number of hydrogen-bond acceptors (Lipinski definition) is 1. The molecule has 0 amide bonds. The molecule has 1 heteroatoms. The Morgan fingerprint density at radius 2 is 2.31 bits per heavy atom. The Labute approximate surface area is 81.9 Å². The molecule has 0 aromatic heterocycles. The zero-order valence-corrected chi connectivity index (χ0v) is 8.84. The quantitative estimate of drug-likeness (QED) is 0.657. The van der Waals surface area contributed by atoms with Gasteiger partial charge in [0, 0.05) is 0 Å². The van der Waals surface area contributed by atoms with E-state index < -0.39 is 0 Å². The Balaban J connectivity index is 2.36. The van der Waals surface area contributed by atoms with Gasteiger partial charge in [0.05, 0.1) is 0 Å². The van der Waals surface area contributed by atoms with E-state index in [0.29, 0.717) is 0 Å². The van der Waals surface area contributed by atoms with E-state index in [4.69, 9.17) is 0 Å². The molecular formula is C12H21N. The monoisotopic (exact) mass is 179 g/mol. The van der Waals surface area contributed by atoms with Gasteiger partial charge in [0.2, 0.25) is 0 Å². The normalized spacial score (nSPS) is 25.4. The summed E-state index contributed by atoms with van der Waals surface area (Å²) < 4.78 is 0. The van der Waals surface area contributed by atoms with Gasteiger partial charge < -0.3 is 5.32 Å². The van der Waals surface area contributed by atoms with E-state index in [1.165, 1.54) is 37.9 Å². The molecule has 1 N–H and O–H groups in total. The van der Waals surface area contributed by atoms with Crippen LogP contribution in [0.15, 0.2) is 23.8 Å². The first-order valence-corrected chi connectivity index (χ1v) is 5.35. The van der Waals surface area contributed by atoms with E-state index >= 15 is 0 Å². The molecule has 1 atom stereocenters. The molecule has 74 valence electrons. The number of rotatable bonds is 3. The van der Waals surface area contributed by atoms with Crippen molar-refractivity contribution in [1.29, 1.82) is 0 Å². The molecule has 1 aliphatic heterocycles. The predicted molar refractivity (Wildman–Crippen MR) is 58.8 cm³/mol. The zero-order chi connectivity index (χ0) is 9.52. The first-order chi connectivity index (χ1) is 6.36. The van der Waals surface area contributed by atoms with Gasteiger partial charge in [0.15, 0.2) is 0 Å². The summed E-state index contributed by atoms with van der Waals surface area (Å²) in [6.07, 6.45) is 10.6. The second kappa shape index (κ2) is 5.98. The summed E-state index contributed by atoms with van der Waals surface area (Å²) >= 11 is 0. The van der Waals surface area contributed by atoms with E-state index in [9.17, 15) is 0 Å². The highest BCUT2D eigenvalue weighted by Crippen LogP contribution is 2.19. The lowest BCUT2D eigenvalue weighted by molar-refractivity contribution is 0.377. The van der Waals surface area contributed by atoms with Crippen LogP contribution in [0.25, 0.3) is 0 Å². The molecule has 13 heavy (non-hydrogen) atoms. The molecule has 1 saturated heterocycles. The molecule has 0 spiro atoms. The molecule has 0 aromatic rings. The highest BCUT2D eigenvalue weighted by Gasteiger charge is 2.12. The smallest absolute Gasteiger partial charge is 0.00173 e. The van der Waals surface area contributed by atoms with Crippen molar-refractivity contribution < 1.29 is 0 Å². The molecule has 0 saturated carbocycles. The van der Waals surface area contributed by atoms with E-state index in [1.54, 1.807) is 0 Å². The van der Waals surface area contributed by atoms with Crippen LogP contribution in [-0.2, 0) is 0 Å². The molecule has 0 aliphatic carbocycles. The Kier molecular flexibility index (Phi) is 4.84. The van der Waals surface area contributed by atoms with Gasteiger partial charge in [-0.3, -0.25) is 0 Å². The second-order valence-corrected chi connectivity index (χ2v) is 3.78. The van der Waals surface area contributed by atoms with Gasteiger partial charge in [-0.1, -0.05) is 23.8 Å². The van der Waals surface area contributed by atoms with Gasteiger partial charge in [0.25, 0.3) is 0 Å². The fourth-order valence-electron chi connectivity index (χ4n) is 1.93. The fraction of sp³-hybridized carbons (Fsp3) is 0.667. The van der Waals surface area contributed by atoms with Crippen LogP contribution in [0.3, 0.4) is 0 Å². The molecule has 1 unspecified atom stereocenters. The minimum Gasteiger partial charge on any atom is -0.316 e. The summed E-state index contributed by atoms with van der Waals surface area (Å²) in [4.78, 5) is 0. The van der Waals surface area contributed by atoms with Gasteiger partial charge in [-0.2, -0.15) is 0 Å². The molecule has 1 rings (SSSR count). The predicted octanol–water partition coefficient (Wildman–Crippen LogP) is 2.90. The van der Waals surface area contributed by atoms with Crippen LogP contribution in [0.5, 0.6) is 0 Å². The summed E-state index contributed by atoms with van der Waals surface area (Å²) in [5.74, 6) is 0.858. The highest BCUT2D eigenvalue weighted by molar-refractivity contribution is 5.17. The molecule has 1 aliphatic rings. The minimum absolute atomic E-state index is 0.858. The molecule has 1 nitrogen and oxygen atoms in total. The SMILES string of the molecule is C/C=C\C(=C/C)CC1CCCNC1. The standard InChI is InChI=1S/C12H21N/c1-3-6-11(4-2)9-12-7-5-8-13-10-12/h3-4,6,12-13H,5,7-10H2,1-2H3/b6-3-,11-4+. The highest BCUT2D eigenvalue weighted by atomic mass is 14.9. The van der Waals surface area contributed by atoms with E-state index in [2.05, 4.69) is 37.4 Å². The molecule has 1 heterocycles. The van der Waals surface area contributed by atoms with Gasteiger partial charge in [0.1, 0.15) is 0 Å². The van der Waals surface area contributed by atoms with Crippen molar-refractivity contribution in [1.82, 2.24) is 5.32 Å². The summed E-state index contributed by atoms with van der Waals surface area (Å²) in [5.41, 5.74) is 1.48. The van der Waals surface area contributed by atoms with Crippen LogP contribution in [0.1, 0.15) is 33.1 Å². The average molecular weight is 179 g/mol. The largest absolute Gasteiger partial charge is 0.316 e. The van der Waals surface area contributed by atoms with Crippen LogP contribution >= 0.6 is 0 Å². The third-order valence-corrected chi connectivity index (χ3v) is 2.67. The van der Waals surface area contributed by atoms with E-state index in [1.807, 2.05) is 0 Å². The summed E-state index contributed by atoms with van der Waals surface area (Å²) in [6.45, 7) is 6.63. The molecular weight excluding hydrogens is 158 g/mol. The van der Waals surface area contributed by atoms with Crippen molar-refractivity contribution in [2.75, 3.05) is 13.1 Å². The maximum absolute atomic E-state index is 3.46. The van der Waals surface area contributed by atoms with Gasteiger partial charge in [-0.15, -0.1) is 0 Å². The van der Waals surface area contributed by atoms with E-state index in [0.717, 1.165) is 5.92 Å². The summed E-state index contributed by atoms with van der Waals surface area (Å²) in [5, 5.41) is 3.46. The van der Waals surface area contributed by atoms with Gasteiger partial charge >= 0.3 is 0 Å². The summed E-state index contributed by atoms with van der Waals surface area (Å²) in [7, 11) is 0. The van der Waals surface area contributed by atoms with Crippen LogP contribution in [0.2, 0.25) is 0 Å². The van der Waals surface area contributed by atoms with Crippen LogP contribution in [0.4, 0.5) is 0 Å². The number of nitrogens with one attached hydrogen (secondary N) is 1. The van der Waals surface area contributed by atoms with Crippen molar-refractivity contribution in [3.63, 3.8) is 0 Å². The number of piperidine rings is 1. The molecule has 0 bridgehead atoms. The first-order valence-electron chi connectivity index (χ1n) is 5.35. The average Bonchev–Trinajstić information content (AvgIpc) is 2.19. The van der Waals surface area contributed by atoms with Crippen molar-refractivity contribution in [2.24, 2.45) is 5.92 Å². The molecule has 0 aromatic carbocycles. The van der Waals surface area contributed by atoms with Crippen molar-refractivity contribution >= 4 is 0 Å². The zero-order valence-electron chi connectivity index (χ0n) is 8.84. The van der Waals surface area contributed by atoms with Crippen molar-refractivity contribution in [2.45, 2.75) is 33.1 Å². The Hall–Kier alpha value is -0.560. The number of hydrogen-bond donors (Lipinski definition) is 1. The lowest BCUT2D eigenvalue weighted by atomic mass is 9.92. The third kappa shape index (κ3) is 3.77. The van der Waals surface area contributed by atoms with Crippen molar-refractivity contribution in [3.05, 3.63) is 23.8 Å². The first kappa shape index (κ1) is 10.5. The summed E-state index contributed by atoms with van der Waals surface area (Å²) in [6, 6.07) is 0. The Bertz CT molecular complexity index is 185. The maximum atomic E-state index is 3.46. The van der Waals surface area contributed by atoms with Gasteiger partial charge in [-0.05, 0) is 52.1 Å². The third-order valence-electron chi connectivity index (χ3n) is 2.67. The Morgan fingerprint density at radius 1 is 1.46 bits per heavy atom. The number of allylic oxidation sites excluding steroid dienone is 4. The second-order valence-electron chi connectivity index (χ2n) is 3.78. The van der Waals surface area contributed by atoms with E-state index in [-0.39, 0.29) is 0 Å². The lowest BCUT2D eigenvalue weighted by Crippen LogP contribution is -2.29. The minimum atomic E-state index is 0.858. The fourth-order valence-corrected chi connectivity index (χ4v) is 1.93. The Morgan fingerprint density at radius 3 is 2.85 bits per heavy atom. The van der Waals surface area contributed by atoms with Crippen LogP contribution in [0, 0.1) is 5.92 Å². The van der Waals surface area contributed by atoms with Crippen molar-refractivity contribution in [3.8, 4) is 0 Å². The maximum Gasteiger partial charge on any atom is -0.00173 e. The van der Waals surface area contributed by atoms with Crippen LogP contribution < -0.4 is 5.32 Å². The van der Waals surface area contributed by atoms with Gasteiger partial charge in [-0.25, -0.2) is 0 Å². The molecule has 1 fully saturated rings. The topological polar surface area (TPSA) is 12.0 Å². The lowest BCUT2D eigenvalue weighted by Gasteiger charge is -2.22. The van der Waals surface area contributed by atoms with Crippen LogP contribution in [-0.4, -0.2) is 13.1 Å². The molecule has 0 radical (unpaired) electrons.